The molecule has 0 aliphatic carbocycles. The summed E-state index contributed by atoms with van der Waals surface area (Å²) >= 11 is 0. The van der Waals surface area contributed by atoms with Crippen LogP contribution in [-0.4, -0.2) is 29.1 Å². The SMILES string of the molecule is c1ccc(-c2cccc(-c3cc(-n4c5ccccc5c5cc(-c6ccc7c(c6)c6ccccc6n7-c6cc(-c7cccc(-c8ccccc8)c7)nc(-c7ccccc7)n6)ccc54)nc(-c4ccccc4)n3)c2)cc1. The lowest BCUT2D eigenvalue weighted by molar-refractivity contribution is 1.05. The van der Waals surface area contributed by atoms with Gasteiger partial charge in [0.15, 0.2) is 11.6 Å². The molecule has 14 aromatic rings. The fourth-order valence-corrected chi connectivity index (χ4v) is 10.6. The molecule has 0 bridgehead atoms. The highest BCUT2D eigenvalue weighted by Crippen LogP contribution is 2.40. The summed E-state index contributed by atoms with van der Waals surface area (Å²) < 4.78 is 4.59. The number of fused-ring (bicyclic) bond motifs is 6. The maximum atomic E-state index is 5.33. The Labute approximate surface area is 427 Å². The van der Waals surface area contributed by atoms with Crippen LogP contribution in [0.3, 0.4) is 0 Å². The van der Waals surface area contributed by atoms with E-state index in [1.54, 1.807) is 0 Å². The summed E-state index contributed by atoms with van der Waals surface area (Å²) in [5.74, 6) is 2.95. The van der Waals surface area contributed by atoms with E-state index >= 15 is 0 Å². The van der Waals surface area contributed by atoms with Gasteiger partial charge in [-0.05, 0) is 81.9 Å². The number of hydrogen-bond donors (Lipinski definition) is 0. The van der Waals surface area contributed by atoms with Gasteiger partial charge < -0.3 is 0 Å². The molecule has 0 saturated heterocycles. The van der Waals surface area contributed by atoms with E-state index in [9.17, 15) is 0 Å². The van der Waals surface area contributed by atoms with Crippen molar-refractivity contribution in [3.05, 3.63) is 267 Å². The van der Waals surface area contributed by atoms with Crippen LogP contribution in [0.1, 0.15) is 0 Å². The third-order valence-electron chi connectivity index (χ3n) is 14.2. The van der Waals surface area contributed by atoms with Gasteiger partial charge in [-0.25, -0.2) is 19.9 Å². The molecule has 0 aliphatic heterocycles. The predicted octanol–water partition coefficient (Wildman–Crippen LogP) is 17.1. The first-order valence-corrected chi connectivity index (χ1v) is 25.0. The molecule has 0 atom stereocenters. The first-order valence-electron chi connectivity index (χ1n) is 25.0. The van der Waals surface area contributed by atoms with Crippen molar-refractivity contribution in [3.63, 3.8) is 0 Å². The number of hydrogen-bond acceptors (Lipinski definition) is 4. The Balaban J connectivity index is 0.906. The molecule has 0 amide bonds. The van der Waals surface area contributed by atoms with Gasteiger partial charge in [0.05, 0.1) is 33.5 Å². The van der Waals surface area contributed by atoms with Gasteiger partial charge in [0, 0.05) is 55.9 Å². The molecule has 0 spiro atoms. The number of benzene rings is 10. The smallest absolute Gasteiger partial charge is 0.162 e. The minimum absolute atomic E-state index is 0.671. The van der Waals surface area contributed by atoms with E-state index in [2.05, 4.69) is 240 Å². The summed E-state index contributed by atoms with van der Waals surface area (Å²) in [6.07, 6.45) is 0. The lowest BCUT2D eigenvalue weighted by Gasteiger charge is -2.13. The van der Waals surface area contributed by atoms with Gasteiger partial charge in [-0.1, -0.05) is 206 Å². The first-order chi connectivity index (χ1) is 36.7. The Morgan fingerprint density at radius 1 is 0.203 bits per heavy atom. The summed E-state index contributed by atoms with van der Waals surface area (Å²) in [4.78, 5) is 21.1. The molecule has 10 aromatic carbocycles. The quantitative estimate of drug-likeness (QED) is 0.145. The van der Waals surface area contributed by atoms with Crippen molar-refractivity contribution in [2.24, 2.45) is 0 Å². The van der Waals surface area contributed by atoms with Crippen molar-refractivity contribution in [2.45, 2.75) is 0 Å². The highest BCUT2D eigenvalue weighted by Gasteiger charge is 2.20. The standard InChI is InChI=1S/C68H44N6/c1-5-19-45(20-6-1)49-27-17-29-53(39-49)59-43-65(71-67(69-59)47-23-9-3-10-24-47)73-61-33-15-13-31-55(61)57-41-51(35-37-63(57)73)52-36-38-64-58(42-52)56-32-14-16-34-62(56)74(64)66-44-60(70-68(72-66)48-25-11-4-12-26-48)54-30-18-28-50(40-54)46-21-7-2-8-22-46/h1-44H. The molecule has 74 heavy (non-hydrogen) atoms. The molecule has 0 fully saturated rings. The van der Waals surface area contributed by atoms with Crippen molar-refractivity contribution in [1.29, 1.82) is 0 Å². The number of nitrogens with zero attached hydrogens (tertiary/aromatic N) is 6. The molecule has 14 rings (SSSR count). The van der Waals surface area contributed by atoms with Crippen LogP contribution in [0.5, 0.6) is 0 Å². The monoisotopic (exact) mass is 944 g/mol. The second kappa shape index (κ2) is 18.0. The second-order valence-corrected chi connectivity index (χ2v) is 18.7. The van der Waals surface area contributed by atoms with Crippen molar-refractivity contribution in [2.75, 3.05) is 0 Å². The molecule has 4 aromatic heterocycles. The number of rotatable bonds is 9. The van der Waals surface area contributed by atoms with Gasteiger partial charge in [-0.3, -0.25) is 9.13 Å². The van der Waals surface area contributed by atoms with E-state index in [4.69, 9.17) is 19.9 Å². The zero-order valence-electron chi connectivity index (χ0n) is 40.1. The van der Waals surface area contributed by atoms with Gasteiger partial charge in [0.2, 0.25) is 0 Å². The molecule has 0 unspecified atom stereocenters. The molecular weight excluding hydrogens is 901 g/mol. The Kier molecular flexibility index (Phi) is 10.4. The minimum Gasteiger partial charge on any atom is -0.294 e. The van der Waals surface area contributed by atoms with E-state index in [0.29, 0.717) is 11.6 Å². The van der Waals surface area contributed by atoms with Gasteiger partial charge in [0.25, 0.3) is 0 Å². The molecule has 4 heterocycles. The molecule has 0 saturated carbocycles. The van der Waals surface area contributed by atoms with E-state index < -0.39 is 0 Å². The topological polar surface area (TPSA) is 61.4 Å². The summed E-state index contributed by atoms with van der Waals surface area (Å²) in [6.45, 7) is 0. The van der Waals surface area contributed by atoms with Gasteiger partial charge >= 0.3 is 0 Å². The van der Waals surface area contributed by atoms with Crippen LogP contribution >= 0.6 is 0 Å². The van der Waals surface area contributed by atoms with Crippen molar-refractivity contribution < 1.29 is 0 Å². The summed E-state index contributed by atoms with van der Waals surface area (Å²) in [5, 5.41) is 4.59. The molecule has 0 aliphatic rings. The lowest BCUT2D eigenvalue weighted by atomic mass is 10.0. The predicted molar refractivity (Wildman–Crippen MR) is 304 cm³/mol. The van der Waals surface area contributed by atoms with E-state index in [0.717, 1.165) is 122 Å². The third kappa shape index (κ3) is 7.61. The van der Waals surface area contributed by atoms with Crippen LogP contribution in [0.25, 0.3) is 134 Å². The van der Waals surface area contributed by atoms with Crippen LogP contribution in [-0.2, 0) is 0 Å². The van der Waals surface area contributed by atoms with Gasteiger partial charge in [-0.15, -0.1) is 0 Å². The van der Waals surface area contributed by atoms with Crippen LogP contribution in [0.15, 0.2) is 267 Å². The zero-order valence-corrected chi connectivity index (χ0v) is 40.1. The van der Waals surface area contributed by atoms with Crippen molar-refractivity contribution in [3.8, 4) is 90.3 Å². The number of aromatic nitrogens is 6. The maximum Gasteiger partial charge on any atom is 0.162 e. The first kappa shape index (κ1) is 42.8. The van der Waals surface area contributed by atoms with Crippen LogP contribution in [0, 0.1) is 0 Å². The lowest BCUT2D eigenvalue weighted by Crippen LogP contribution is -2.02. The highest BCUT2D eigenvalue weighted by molar-refractivity contribution is 6.12. The summed E-state index contributed by atoms with van der Waals surface area (Å²) in [7, 11) is 0. The van der Waals surface area contributed by atoms with Crippen molar-refractivity contribution in [1.82, 2.24) is 29.1 Å². The van der Waals surface area contributed by atoms with E-state index in [1.807, 2.05) is 36.4 Å². The molecular formula is C68H44N6. The molecule has 6 heteroatoms. The van der Waals surface area contributed by atoms with Gasteiger partial charge in [-0.2, -0.15) is 0 Å². The third-order valence-corrected chi connectivity index (χ3v) is 14.2. The Morgan fingerprint density at radius 3 is 0.946 bits per heavy atom. The Hall–Kier alpha value is -10.0. The zero-order chi connectivity index (χ0) is 49.0. The fraction of sp³-hybridized carbons (Fsp3) is 0. The minimum atomic E-state index is 0.671. The van der Waals surface area contributed by atoms with Crippen LogP contribution in [0.2, 0.25) is 0 Å². The average Bonchev–Trinajstić information content (AvgIpc) is 4.01. The second-order valence-electron chi connectivity index (χ2n) is 18.7. The van der Waals surface area contributed by atoms with Crippen LogP contribution in [0.4, 0.5) is 0 Å². The highest BCUT2D eigenvalue weighted by atomic mass is 15.1. The Morgan fingerprint density at radius 2 is 0.527 bits per heavy atom. The largest absolute Gasteiger partial charge is 0.294 e. The summed E-state index contributed by atoms with van der Waals surface area (Å²) in [6, 6.07) is 94.0. The van der Waals surface area contributed by atoms with Crippen LogP contribution < -0.4 is 0 Å². The average molecular weight is 945 g/mol. The van der Waals surface area contributed by atoms with E-state index in [-0.39, 0.29) is 0 Å². The Bertz CT molecular complexity index is 4120. The summed E-state index contributed by atoms with van der Waals surface area (Å²) in [5.41, 5.74) is 16.8. The molecule has 346 valence electrons. The molecule has 0 radical (unpaired) electrons. The molecule has 0 N–H and O–H groups in total. The van der Waals surface area contributed by atoms with E-state index in [1.165, 1.54) is 0 Å². The molecule has 6 nitrogen and oxygen atoms in total. The van der Waals surface area contributed by atoms with Crippen molar-refractivity contribution >= 4 is 43.6 Å². The fourth-order valence-electron chi connectivity index (χ4n) is 10.6. The number of para-hydroxylation sites is 2. The normalized spacial score (nSPS) is 11.5. The van der Waals surface area contributed by atoms with Gasteiger partial charge in [0.1, 0.15) is 11.6 Å². The maximum absolute atomic E-state index is 5.33.